The maximum atomic E-state index is 2.33. The van der Waals surface area contributed by atoms with E-state index >= 15 is 0 Å². The van der Waals surface area contributed by atoms with Gasteiger partial charge in [-0.1, -0.05) is 0 Å². The largest absolute Gasteiger partial charge is 0.107 e. The minimum atomic E-state index is -0.712. The Morgan fingerprint density at radius 2 is 0.867 bits per heavy atom. The van der Waals surface area contributed by atoms with Crippen LogP contribution in [0.2, 0.25) is 13.1 Å². The van der Waals surface area contributed by atoms with E-state index in [0.717, 1.165) is 0 Å². The SMILES string of the molecule is CCC[CH2][Sb]([CH2]CCC)[CH2]CCC.I.I. The van der Waals surface area contributed by atoms with Crippen LogP contribution in [0.3, 0.4) is 0 Å². The number of hydrogen-bond donors (Lipinski definition) is 0. The second kappa shape index (κ2) is 18.6. The van der Waals surface area contributed by atoms with E-state index in [1.807, 2.05) is 0 Å². The quantitative estimate of drug-likeness (QED) is 0.241. The average molecular weight is 549 g/mol. The van der Waals surface area contributed by atoms with Crippen molar-refractivity contribution in [1.82, 2.24) is 0 Å². The predicted octanol–water partition coefficient (Wildman–Crippen LogP) is 6.12. The van der Waals surface area contributed by atoms with Gasteiger partial charge in [-0.05, 0) is 0 Å². The van der Waals surface area contributed by atoms with Crippen LogP contribution in [0, 0.1) is 0 Å². The summed E-state index contributed by atoms with van der Waals surface area (Å²) in [4.78, 5) is 0. The summed E-state index contributed by atoms with van der Waals surface area (Å²) in [6.45, 7) is 6.99. The molecular weight excluding hydrogens is 520 g/mol. The van der Waals surface area contributed by atoms with E-state index in [1.165, 1.54) is 38.5 Å². The Kier molecular flexibility index (Phi) is 27.9. The van der Waals surface area contributed by atoms with Crippen molar-refractivity contribution in [2.45, 2.75) is 72.4 Å². The molecule has 0 bridgehead atoms. The van der Waals surface area contributed by atoms with Crippen LogP contribution in [-0.4, -0.2) is 20.2 Å². The molecule has 3 heteroatoms. The van der Waals surface area contributed by atoms with Crippen molar-refractivity contribution in [1.29, 1.82) is 0 Å². The molecule has 0 radical (unpaired) electrons. The topological polar surface area (TPSA) is 0 Å². The van der Waals surface area contributed by atoms with Crippen molar-refractivity contribution in [3.63, 3.8) is 0 Å². The molecule has 96 valence electrons. The molecule has 0 aromatic carbocycles. The maximum absolute atomic E-state index is 2.33. The number of hydrogen-bond acceptors (Lipinski definition) is 0. The third-order valence-electron chi connectivity index (χ3n) is 2.48. The van der Waals surface area contributed by atoms with Crippen LogP contribution in [0.25, 0.3) is 0 Å². The first-order valence-electron chi connectivity index (χ1n) is 6.07. The van der Waals surface area contributed by atoms with E-state index in [0.29, 0.717) is 0 Å². The minimum absolute atomic E-state index is 0. The molecule has 0 atom stereocenters. The van der Waals surface area contributed by atoms with Gasteiger partial charge in [-0.2, -0.15) is 0 Å². The van der Waals surface area contributed by atoms with Crippen molar-refractivity contribution >= 4 is 68.2 Å². The minimum Gasteiger partial charge on any atom is -0.107 e. The summed E-state index contributed by atoms with van der Waals surface area (Å²) in [7, 11) is 0. The molecule has 0 aromatic heterocycles. The van der Waals surface area contributed by atoms with Gasteiger partial charge in [-0.25, -0.2) is 0 Å². The van der Waals surface area contributed by atoms with Crippen LogP contribution >= 0.6 is 48.0 Å². The molecule has 0 saturated carbocycles. The molecule has 0 saturated heterocycles. The van der Waals surface area contributed by atoms with Crippen molar-refractivity contribution in [3.05, 3.63) is 0 Å². The number of halogens is 2. The zero-order chi connectivity index (χ0) is 9.94. The van der Waals surface area contributed by atoms with Gasteiger partial charge < -0.3 is 0 Å². The van der Waals surface area contributed by atoms with Gasteiger partial charge in [0.15, 0.2) is 0 Å². The zero-order valence-corrected chi connectivity index (χ0v) is 17.8. The van der Waals surface area contributed by atoms with Crippen molar-refractivity contribution in [2.75, 3.05) is 0 Å². The standard InChI is InChI=1S/3C4H9.2HI.Sb/c3*1-3-4-2;;;/h3*1,3-4H2,2H3;2*1H;. The molecule has 0 aliphatic rings. The van der Waals surface area contributed by atoms with Crippen LogP contribution < -0.4 is 0 Å². The molecule has 0 fully saturated rings. The Morgan fingerprint density at radius 3 is 1.07 bits per heavy atom. The maximum Gasteiger partial charge on any atom is -0.107 e. The third kappa shape index (κ3) is 16.3. The summed E-state index contributed by atoms with van der Waals surface area (Å²) in [6.07, 6.45) is 8.82. The third-order valence-corrected chi connectivity index (χ3v) is 10.6. The molecule has 0 nitrogen and oxygen atoms in total. The fraction of sp³-hybridized carbons (Fsp3) is 1.00. The zero-order valence-electron chi connectivity index (χ0n) is 10.6. The molecule has 0 aliphatic carbocycles. The van der Waals surface area contributed by atoms with E-state index < -0.39 is 20.2 Å². The average Bonchev–Trinajstić information content (AvgIpc) is 2.17. The molecule has 0 N–H and O–H groups in total. The summed E-state index contributed by atoms with van der Waals surface area (Å²) < 4.78 is 5.00. The normalized spacial score (nSPS) is 9.60. The Bertz CT molecular complexity index is 80.6. The van der Waals surface area contributed by atoms with Gasteiger partial charge in [0.1, 0.15) is 0 Å². The second-order valence-corrected chi connectivity index (χ2v) is 11.6. The molecule has 15 heavy (non-hydrogen) atoms. The van der Waals surface area contributed by atoms with Crippen LogP contribution in [0.15, 0.2) is 0 Å². The summed E-state index contributed by atoms with van der Waals surface area (Å²) >= 11 is -0.712. The number of unbranched alkanes of at least 4 members (excludes halogenated alkanes) is 3. The molecule has 0 aromatic rings. The summed E-state index contributed by atoms with van der Waals surface area (Å²) in [5.74, 6) is 0. The molecule has 0 unspecified atom stereocenters. The Hall–Kier alpha value is 2.28. The molecule has 0 spiro atoms. The number of rotatable bonds is 9. The summed E-state index contributed by atoms with van der Waals surface area (Å²) in [6, 6.07) is 0. The van der Waals surface area contributed by atoms with Crippen molar-refractivity contribution in [2.24, 2.45) is 0 Å². The predicted molar refractivity (Wildman–Crippen MR) is 95.7 cm³/mol. The van der Waals surface area contributed by atoms with E-state index in [-0.39, 0.29) is 48.0 Å². The van der Waals surface area contributed by atoms with Gasteiger partial charge in [0.25, 0.3) is 0 Å². The first-order valence-corrected chi connectivity index (χ1v) is 11.5. The first kappa shape index (κ1) is 22.5. The second-order valence-electron chi connectivity index (χ2n) is 3.90. The van der Waals surface area contributed by atoms with Gasteiger partial charge in [0.2, 0.25) is 0 Å². The van der Waals surface area contributed by atoms with E-state index in [1.54, 1.807) is 13.1 Å². The Labute approximate surface area is 139 Å². The first-order chi connectivity index (χ1) is 6.35. The molecule has 0 rings (SSSR count). The van der Waals surface area contributed by atoms with Crippen LogP contribution in [0.5, 0.6) is 0 Å². The molecule has 0 amide bonds. The van der Waals surface area contributed by atoms with Crippen LogP contribution in [0.4, 0.5) is 0 Å². The van der Waals surface area contributed by atoms with Gasteiger partial charge >= 0.3 is 92.6 Å². The van der Waals surface area contributed by atoms with Gasteiger partial charge in [-0.3, -0.25) is 0 Å². The van der Waals surface area contributed by atoms with Gasteiger partial charge in [0.05, 0.1) is 0 Å². The summed E-state index contributed by atoms with van der Waals surface area (Å²) in [5.41, 5.74) is 0. The molecule has 0 aliphatic heterocycles. The van der Waals surface area contributed by atoms with E-state index in [9.17, 15) is 0 Å². The van der Waals surface area contributed by atoms with Crippen molar-refractivity contribution < 1.29 is 0 Å². The van der Waals surface area contributed by atoms with E-state index in [2.05, 4.69) is 20.8 Å². The monoisotopic (exact) mass is 548 g/mol. The molecular formula is C12H29I2Sb. The summed E-state index contributed by atoms with van der Waals surface area (Å²) in [5, 5.41) is 0. The van der Waals surface area contributed by atoms with Gasteiger partial charge in [-0.15, -0.1) is 48.0 Å². The van der Waals surface area contributed by atoms with Gasteiger partial charge in [0, 0.05) is 0 Å². The van der Waals surface area contributed by atoms with Crippen molar-refractivity contribution in [3.8, 4) is 0 Å². The smallest absolute Gasteiger partial charge is 0.107 e. The molecule has 0 heterocycles. The Balaban J connectivity index is -0.000000720. The Morgan fingerprint density at radius 1 is 0.600 bits per heavy atom. The van der Waals surface area contributed by atoms with E-state index in [4.69, 9.17) is 0 Å². The fourth-order valence-electron chi connectivity index (χ4n) is 1.48. The van der Waals surface area contributed by atoms with Crippen LogP contribution in [0.1, 0.15) is 59.3 Å². The van der Waals surface area contributed by atoms with Crippen LogP contribution in [-0.2, 0) is 0 Å². The fourth-order valence-corrected chi connectivity index (χ4v) is 9.93.